The summed E-state index contributed by atoms with van der Waals surface area (Å²) in [6.45, 7) is 2.23. The van der Waals surface area contributed by atoms with Gasteiger partial charge in [-0.1, -0.05) is 0 Å². The molecule has 1 amide bonds. The van der Waals surface area contributed by atoms with E-state index in [4.69, 9.17) is 9.90 Å². The maximum atomic E-state index is 12.4. The van der Waals surface area contributed by atoms with Gasteiger partial charge in [-0.15, -0.1) is 0 Å². The molecule has 0 aliphatic heterocycles. The van der Waals surface area contributed by atoms with E-state index in [2.05, 4.69) is 41.3 Å². The van der Waals surface area contributed by atoms with Gasteiger partial charge in [-0.05, 0) is 35.0 Å². The van der Waals surface area contributed by atoms with Gasteiger partial charge in [0.2, 0.25) is 0 Å². The predicted octanol–water partition coefficient (Wildman–Crippen LogP) is 2.62. The number of amides is 1. The highest BCUT2D eigenvalue weighted by Crippen LogP contribution is 2.15. The summed E-state index contributed by atoms with van der Waals surface area (Å²) >= 11 is 3.33. The Labute approximate surface area is 170 Å². The molecule has 0 spiro atoms. The third kappa shape index (κ3) is 6.41. The van der Waals surface area contributed by atoms with Gasteiger partial charge in [-0.2, -0.15) is 18.3 Å². The molecular weight excluding hydrogens is 461 g/mol. The molecule has 3 heterocycles. The Morgan fingerprint density at radius 3 is 2.52 bits per heavy atom. The molecule has 0 aromatic carbocycles. The van der Waals surface area contributed by atoms with Crippen LogP contribution in [0.5, 0.6) is 0 Å². The van der Waals surface area contributed by atoms with Crippen LogP contribution in [0, 0.1) is 6.92 Å². The maximum absolute atomic E-state index is 12.4. The van der Waals surface area contributed by atoms with Crippen molar-refractivity contribution in [1.82, 2.24) is 30.0 Å². The van der Waals surface area contributed by atoms with Crippen molar-refractivity contribution in [1.29, 1.82) is 0 Å². The van der Waals surface area contributed by atoms with Gasteiger partial charge in [0, 0.05) is 12.4 Å². The van der Waals surface area contributed by atoms with E-state index in [0.717, 1.165) is 16.0 Å². The molecule has 3 aromatic rings. The van der Waals surface area contributed by atoms with E-state index in [0.29, 0.717) is 17.9 Å². The number of halogens is 4. The average molecular weight is 475 g/mol. The Balaban J connectivity index is 0.000000370. The van der Waals surface area contributed by atoms with Gasteiger partial charge in [0.25, 0.3) is 5.91 Å². The summed E-state index contributed by atoms with van der Waals surface area (Å²) in [6, 6.07) is 3.43. The first-order chi connectivity index (χ1) is 13.6. The third-order valence-corrected chi connectivity index (χ3v) is 3.65. The first kappa shape index (κ1) is 22.1. The number of carboxylic acids is 1. The Hall–Kier alpha value is -3.22. The zero-order valence-electron chi connectivity index (χ0n) is 14.7. The number of pyridine rings is 1. The molecular formula is C16H14BrF3N6O3. The van der Waals surface area contributed by atoms with Crippen LogP contribution in [0.4, 0.5) is 13.2 Å². The fraction of sp³-hybridized carbons (Fsp3) is 0.188. The van der Waals surface area contributed by atoms with E-state index >= 15 is 0 Å². The molecule has 29 heavy (non-hydrogen) atoms. The maximum Gasteiger partial charge on any atom is 0.490 e. The Kier molecular flexibility index (Phi) is 7.09. The van der Waals surface area contributed by atoms with Gasteiger partial charge in [-0.3, -0.25) is 4.79 Å². The summed E-state index contributed by atoms with van der Waals surface area (Å²) in [7, 11) is 0. The zero-order valence-corrected chi connectivity index (χ0v) is 16.3. The van der Waals surface area contributed by atoms with Crippen LogP contribution in [0.25, 0.3) is 5.82 Å². The number of aromatic nitrogens is 5. The molecule has 154 valence electrons. The molecule has 0 aliphatic carbocycles. The van der Waals surface area contributed by atoms with Gasteiger partial charge in [0.1, 0.15) is 5.82 Å². The monoisotopic (exact) mass is 474 g/mol. The second kappa shape index (κ2) is 9.32. The number of aryl methyl sites for hydroxylation is 1. The molecule has 3 aromatic heterocycles. The average Bonchev–Trinajstić information content (AvgIpc) is 3.27. The quantitative estimate of drug-likeness (QED) is 0.533. The number of imidazole rings is 1. The predicted molar refractivity (Wildman–Crippen MR) is 97.2 cm³/mol. The number of alkyl halides is 3. The normalized spacial score (nSPS) is 10.8. The molecule has 13 heteroatoms. The highest BCUT2D eigenvalue weighted by atomic mass is 79.9. The van der Waals surface area contributed by atoms with Crippen molar-refractivity contribution in [3.63, 3.8) is 0 Å². The van der Waals surface area contributed by atoms with Crippen molar-refractivity contribution < 1.29 is 27.9 Å². The van der Waals surface area contributed by atoms with Crippen LogP contribution in [0.1, 0.15) is 21.9 Å². The van der Waals surface area contributed by atoms with E-state index in [-0.39, 0.29) is 5.91 Å². The lowest BCUT2D eigenvalue weighted by atomic mass is 10.2. The van der Waals surface area contributed by atoms with Crippen LogP contribution in [0.15, 0.2) is 41.4 Å². The van der Waals surface area contributed by atoms with Crippen LogP contribution in [0.3, 0.4) is 0 Å². The van der Waals surface area contributed by atoms with Crippen molar-refractivity contribution in [2.75, 3.05) is 0 Å². The number of rotatable bonds is 4. The van der Waals surface area contributed by atoms with Gasteiger partial charge in [0.15, 0.2) is 5.82 Å². The van der Waals surface area contributed by atoms with Gasteiger partial charge in [0.05, 0.1) is 34.7 Å². The smallest absolute Gasteiger partial charge is 0.475 e. The number of hydrogen-bond donors (Lipinski definition) is 3. The lowest BCUT2D eigenvalue weighted by molar-refractivity contribution is -0.192. The SMILES string of the molecule is Cc1ncc(CNC(=O)c2cccnc2-n2cc(Br)cn2)[nH]1.O=C(O)C(F)(F)F. The van der Waals surface area contributed by atoms with Gasteiger partial charge in [-0.25, -0.2) is 19.4 Å². The molecule has 3 N–H and O–H groups in total. The van der Waals surface area contributed by atoms with E-state index in [1.54, 1.807) is 41.6 Å². The van der Waals surface area contributed by atoms with E-state index in [1.165, 1.54) is 0 Å². The zero-order chi connectivity index (χ0) is 21.6. The molecule has 0 saturated carbocycles. The number of carbonyl (C=O) groups is 2. The number of carbonyl (C=O) groups excluding carboxylic acids is 1. The van der Waals surface area contributed by atoms with Crippen LogP contribution in [0.2, 0.25) is 0 Å². The number of nitrogens with one attached hydrogen (secondary N) is 2. The summed E-state index contributed by atoms with van der Waals surface area (Å²) in [5.41, 5.74) is 1.30. The minimum Gasteiger partial charge on any atom is -0.475 e. The Morgan fingerprint density at radius 1 is 1.31 bits per heavy atom. The second-order valence-electron chi connectivity index (χ2n) is 5.46. The molecule has 0 bridgehead atoms. The van der Waals surface area contributed by atoms with Crippen LogP contribution in [-0.4, -0.2) is 47.9 Å². The second-order valence-corrected chi connectivity index (χ2v) is 6.37. The fourth-order valence-electron chi connectivity index (χ4n) is 2.01. The van der Waals surface area contributed by atoms with Crippen LogP contribution >= 0.6 is 15.9 Å². The van der Waals surface area contributed by atoms with Crippen molar-refractivity contribution in [3.05, 3.63) is 58.5 Å². The Bertz CT molecular complexity index is 1000. The summed E-state index contributed by atoms with van der Waals surface area (Å²) in [5.74, 6) is -1.69. The molecule has 0 radical (unpaired) electrons. The van der Waals surface area contributed by atoms with E-state index < -0.39 is 12.1 Å². The summed E-state index contributed by atoms with van der Waals surface area (Å²) in [5, 5.41) is 14.1. The first-order valence-corrected chi connectivity index (χ1v) is 8.61. The molecule has 0 atom stereocenters. The van der Waals surface area contributed by atoms with E-state index in [1.807, 2.05) is 6.92 Å². The van der Waals surface area contributed by atoms with Gasteiger partial charge >= 0.3 is 12.1 Å². The lowest BCUT2D eigenvalue weighted by Gasteiger charge is -2.08. The third-order valence-electron chi connectivity index (χ3n) is 3.24. The summed E-state index contributed by atoms with van der Waals surface area (Å²) < 4.78 is 34.1. The fourth-order valence-corrected chi connectivity index (χ4v) is 2.29. The van der Waals surface area contributed by atoms with Crippen molar-refractivity contribution in [2.24, 2.45) is 0 Å². The highest BCUT2D eigenvalue weighted by Gasteiger charge is 2.38. The number of nitrogens with zero attached hydrogens (tertiary/aromatic N) is 4. The minimum absolute atomic E-state index is 0.220. The van der Waals surface area contributed by atoms with Crippen molar-refractivity contribution in [3.8, 4) is 5.82 Å². The molecule has 3 rings (SSSR count). The first-order valence-electron chi connectivity index (χ1n) is 7.82. The number of hydrogen-bond acceptors (Lipinski definition) is 5. The number of aromatic amines is 1. The van der Waals surface area contributed by atoms with E-state index in [9.17, 15) is 18.0 Å². The van der Waals surface area contributed by atoms with Crippen molar-refractivity contribution >= 4 is 27.8 Å². The topological polar surface area (TPSA) is 126 Å². The largest absolute Gasteiger partial charge is 0.490 e. The van der Waals surface area contributed by atoms with Crippen molar-refractivity contribution in [2.45, 2.75) is 19.6 Å². The standard InChI is InChI=1S/C14H13BrN6O.C2HF3O2/c1-9-17-6-11(20-9)7-18-14(22)12-3-2-4-16-13(12)21-8-10(15)5-19-21;3-2(4,5)1(6)7/h2-6,8H,7H2,1H3,(H,17,20)(H,18,22);(H,6,7). The van der Waals surface area contributed by atoms with Crippen LogP contribution < -0.4 is 5.32 Å². The molecule has 9 nitrogen and oxygen atoms in total. The van der Waals surface area contributed by atoms with Crippen LogP contribution in [-0.2, 0) is 11.3 Å². The summed E-state index contributed by atoms with van der Waals surface area (Å²) in [4.78, 5) is 32.7. The number of carboxylic acid groups (broad SMARTS) is 1. The molecule has 0 unspecified atom stereocenters. The lowest BCUT2D eigenvalue weighted by Crippen LogP contribution is -2.25. The number of H-pyrrole nitrogens is 1. The molecule has 0 saturated heterocycles. The Morgan fingerprint density at radius 2 is 2.00 bits per heavy atom. The molecule has 0 fully saturated rings. The summed E-state index contributed by atoms with van der Waals surface area (Å²) in [6.07, 6.45) is 1.63. The number of aliphatic carboxylic acids is 1. The highest BCUT2D eigenvalue weighted by molar-refractivity contribution is 9.10. The molecule has 0 aliphatic rings. The van der Waals surface area contributed by atoms with Gasteiger partial charge < -0.3 is 15.4 Å². The minimum atomic E-state index is -5.08.